The van der Waals surface area contributed by atoms with Gasteiger partial charge in [0.15, 0.2) is 5.58 Å². The Morgan fingerprint density at radius 3 is 1.60 bits per heavy atom. The second-order valence-electron chi connectivity index (χ2n) is 13.8. The number of nitrogens with one attached hydrogen (secondary N) is 1. The molecule has 0 saturated carbocycles. The average Bonchev–Trinajstić information content (AvgIpc) is 3.66. The fraction of sp³-hybridized carbons (Fsp3) is 0.159. The van der Waals surface area contributed by atoms with Gasteiger partial charge in [-0.3, -0.25) is 0 Å². The fourth-order valence-corrected chi connectivity index (χ4v) is 8.55. The summed E-state index contributed by atoms with van der Waals surface area (Å²) in [7, 11) is -0.117. The van der Waals surface area contributed by atoms with Crippen LogP contribution >= 0.6 is 10.5 Å². The molecule has 232 valence electrons. The lowest BCUT2D eigenvalue weighted by Crippen LogP contribution is -2.15. The zero-order valence-electron chi connectivity index (χ0n) is 27.6. The molecule has 47 heavy (non-hydrogen) atoms. The minimum Gasteiger partial charge on any atom is -0.453 e. The van der Waals surface area contributed by atoms with Crippen molar-refractivity contribution in [1.82, 2.24) is 0 Å². The van der Waals surface area contributed by atoms with E-state index in [9.17, 15) is 0 Å². The maximum absolute atomic E-state index is 6.44. The molecule has 1 aromatic heterocycles. The predicted octanol–water partition coefficient (Wildman–Crippen LogP) is 12.3. The third-order valence-corrected chi connectivity index (χ3v) is 11.3. The van der Waals surface area contributed by atoms with Gasteiger partial charge in [0.05, 0.1) is 5.69 Å². The molecular weight excluding hydrogens is 591 g/mol. The molecule has 1 atom stereocenters. The minimum absolute atomic E-state index is 0.0188. The Balaban J connectivity index is 0.000000180. The van der Waals surface area contributed by atoms with Gasteiger partial charge in [0.2, 0.25) is 0 Å². The normalized spacial score (nSPS) is 15.3. The SMILES string of the molecule is C=S(C)c1cccc2c1oc1c(Nc3ccc4c(c3)C(C)(C)c3ccccc3-4)cccc12.CC1(C)c2ccccc2-c2ccccc21. The maximum atomic E-state index is 6.44. The molecule has 3 heteroatoms. The molecular formula is C44H39NOS. The Hall–Kier alpha value is -4.86. The van der Waals surface area contributed by atoms with Crippen LogP contribution in [0.5, 0.6) is 0 Å². The molecule has 9 rings (SSSR count). The van der Waals surface area contributed by atoms with E-state index in [1.807, 2.05) is 0 Å². The van der Waals surface area contributed by atoms with Crippen molar-refractivity contribution < 1.29 is 4.42 Å². The van der Waals surface area contributed by atoms with Gasteiger partial charge in [0.1, 0.15) is 5.58 Å². The van der Waals surface area contributed by atoms with E-state index in [-0.39, 0.29) is 21.3 Å². The summed E-state index contributed by atoms with van der Waals surface area (Å²) >= 11 is 0. The maximum Gasteiger partial charge on any atom is 0.158 e. The number of rotatable bonds is 3. The van der Waals surface area contributed by atoms with Gasteiger partial charge in [-0.25, -0.2) is 0 Å². The van der Waals surface area contributed by atoms with Crippen LogP contribution in [0.2, 0.25) is 0 Å². The van der Waals surface area contributed by atoms with Gasteiger partial charge in [-0.2, -0.15) is 10.5 Å². The summed E-state index contributed by atoms with van der Waals surface area (Å²) in [6.45, 7) is 9.22. The van der Waals surface area contributed by atoms with E-state index in [0.717, 1.165) is 33.3 Å². The molecule has 0 saturated heterocycles. The number of hydrogen-bond acceptors (Lipinski definition) is 2. The molecule has 0 aliphatic heterocycles. The molecule has 2 nitrogen and oxygen atoms in total. The summed E-state index contributed by atoms with van der Waals surface area (Å²) in [6.07, 6.45) is 2.13. The van der Waals surface area contributed by atoms with Crippen molar-refractivity contribution in [2.24, 2.45) is 0 Å². The average molecular weight is 630 g/mol. The van der Waals surface area contributed by atoms with Crippen LogP contribution in [0.4, 0.5) is 11.4 Å². The number of para-hydroxylation sites is 2. The molecule has 1 heterocycles. The Morgan fingerprint density at radius 1 is 0.532 bits per heavy atom. The lowest BCUT2D eigenvalue weighted by Gasteiger charge is -2.22. The molecule has 0 radical (unpaired) electrons. The minimum atomic E-state index is -0.117. The highest BCUT2D eigenvalue weighted by Crippen LogP contribution is 2.50. The van der Waals surface area contributed by atoms with Crippen molar-refractivity contribution >= 4 is 49.7 Å². The molecule has 1 unspecified atom stereocenters. The van der Waals surface area contributed by atoms with Gasteiger partial charge >= 0.3 is 0 Å². The van der Waals surface area contributed by atoms with Crippen molar-refractivity contribution in [3.05, 3.63) is 150 Å². The number of hydrogen-bond donors (Lipinski definition) is 1. The van der Waals surface area contributed by atoms with Gasteiger partial charge in [-0.1, -0.05) is 137 Å². The third-order valence-electron chi connectivity index (χ3n) is 10.2. The van der Waals surface area contributed by atoms with E-state index in [1.54, 1.807) is 0 Å². The number of anilines is 2. The lowest BCUT2D eigenvalue weighted by molar-refractivity contribution is 0.660. The van der Waals surface area contributed by atoms with Crippen LogP contribution in [0.25, 0.3) is 44.2 Å². The first kappa shape index (κ1) is 29.5. The summed E-state index contributed by atoms with van der Waals surface area (Å²) in [5.41, 5.74) is 15.2. The summed E-state index contributed by atoms with van der Waals surface area (Å²) in [5, 5.41) is 5.92. The smallest absolute Gasteiger partial charge is 0.158 e. The first-order chi connectivity index (χ1) is 22.7. The number of benzene rings is 6. The first-order valence-electron chi connectivity index (χ1n) is 16.3. The van der Waals surface area contributed by atoms with E-state index < -0.39 is 0 Å². The van der Waals surface area contributed by atoms with Crippen LogP contribution < -0.4 is 5.32 Å². The molecule has 1 N–H and O–H groups in total. The van der Waals surface area contributed by atoms with Crippen molar-refractivity contribution in [3.8, 4) is 22.3 Å². The quantitative estimate of drug-likeness (QED) is 0.197. The zero-order valence-corrected chi connectivity index (χ0v) is 28.5. The van der Waals surface area contributed by atoms with Crippen molar-refractivity contribution in [2.45, 2.75) is 43.4 Å². The predicted molar refractivity (Wildman–Crippen MR) is 204 cm³/mol. The van der Waals surface area contributed by atoms with Crippen LogP contribution in [0.3, 0.4) is 0 Å². The number of fused-ring (bicyclic) bond motifs is 9. The molecule has 0 spiro atoms. The highest BCUT2D eigenvalue weighted by atomic mass is 32.2. The molecule has 2 aliphatic rings. The Labute approximate surface area is 280 Å². The Morgan fingerprint density at radius 2 is 1.02 bits per heavy atom. The van der Waals surface area contributed by atoms with Crippen LogP contribution in [-0.4, -0.2) is 12.1 Å². The fourth-order valence-electron chi connectivity index (χ4n) is 7.78. The molecule has 2 aliphatic carbocycles. The Kier molecular flexibility index (Phi) is 6.82. The van der Waals surface area contributed by atoms with E-state index in [4.69, 9.17) is 4.42 Å². The van der Waals surface area contributed by atoms with Crippen LogP contribution in [0.15, 0.2) is 137 Å². The van der Waals surface area contributed by atoms with Gasteiger partial charge in [-0.15, -0.1) is 0 Å². The van der Waals surface area contributed by atoms with Crippen molar-refractivity contribution in [1.29, 1.82) is 0 Å². The van der Waals surface area contributed by atoms with Crippen molar-refractivity contribution in [3.63, 3.8) is 0 Å². The molecule has 7 aromatic rings. The van der Waals surface area contributed by atoms with Crippen LogP contribution in [-0.2, 0) is 10.8 Å². The van der Waals surface area contributed by atoms with Crippen LogP contribution in [0.1, 0.15) is 49.9 Å². The van der Waals surface area contributed by atoms with Gasteiger partial charge in [-0.05, 0) is 75.0 Å². The van der Waals surface area contributed by atoms with Gasteiger partial charge < -0.3 is 9.73 Å². The third kappa shape index (κ3) is 4.59. The van der Waals surface area contributed by atoms with Crippen molar-refractivity contribution in [2.75, 3.05) is 11.6 Å². The molecule has 0 fully saturated rings. The van der Waals surface area contributed by atoms with Gasteiger partial charge in [0.25, 0.3) is 0 Å². The molecule has 6 aromatic carbocycles. The zero-order chi connectivity index (χ0) is 32.5. The highest BCUT2D eigenvalue weighted by molar-refractivity contribution is 8.13. The lowest BCUT2D eigenvalue weighted by atomic mass is 9.82. The summed E-state index contributed by atoms with van der Waals surface area (Å²) < 4.78 is 6.44. The summed E-state index contributed by atoms with van der Waals surface area (Å²) in [5.74, 6) is 4.24. The first-order valence-corrected chi connectivity index (χ1v) is 18.1. The topological polar surface area (TPSA) is 25.2 Å². The molecule has 0 bridgehead atoms. The number of furan rings is 1. The van der Waals surface area contributed by atoms with Gasteiger partial charge in [0, 0.05) is 32.2 Å². The van der Waals surface area contributed by atoms with Crippen LogP contribution in [0, 0.1) is 0 Å². The monoisotopic (exact) mass is 629 g/mol. The Bertz CT molecular complexity index is 2330. The molecule has 0 amide bonds. The summed E-state index contributed by atoms with van der Waals surface area (Å²) in [6, 6.07) is 45.6. The van der Waals surface area contributed by atoms with E-state index >= 15 is 0 Å². The second-order valence-corrected chi connectivity index (χ2v) is 15.5. The van der Waals surface area contributed by atoms with E-state index in [2.05, 4.69) is 173 Å². The van der Waals surface area contributed by atoms with E-state index in [1.165, 1.54) is 49.4 Å². The second kappa shape index (κ2) is 10.9. The summed E-state index contributed by atoms with van der Waals surface area (Å²) in [4.78, 5) is 1.17. The largest absolute Gasteiger partial charge is 0.453 e. The standard InChI is InChI=1S/C29H25NOS.C15H14/c1-29(2)23-12-6-5-9-19(23)20-16-15-18(17-24(20)29)30-25-13-7-10-21-22-11-8-14-26(32(3)4)28(22)31-27(21)25;1-15(2)13-9-5-3-7-11(13)12-8-4-6-10-14(12)15/h5-17,30H,3H2,1-2,4H3;3-10H,1-2H3. The highest BCUT2D eigenvalue weighted by Gasteiger charge is 2.36. The van der Waals surface area contributed by atoms with E-state index in [0.29, 0.717) is 0 Å².